The first-order valence-corrected chi connectivity index (χ1v) is 10.6. The van der Waals surface area contributed by atoms with Crippen LogP contribution in [0.2, 0.25) is 0 Å². The van der Waals surface area contributed by atoms with Crippen molar-refractivity contribution in [2.24, 2.45) is 0 Å². The van der Waals surface area contributed by atoms with Crippen LogP contribution in [0.4, 0.5) is 0 Å². The second-order valence-corrected chi connectivity index (χ2v) is 7.96. The fourth-order valence-corrected chi connectivity index (χ4v) is 3.69. The highest BCUT2D eigenvalue weighted by Gasteiger charge is 2.21. The molecule has 0 saturated carbocycles. The Kier molecular flexibility index (Phi) is 7.99. The number of hydrogen-bond donors (Lipinski definition) is 2. The maximum absolute atomic E-state index is 12.6. The minimum Gasteiger partial charge on any atom is -0.352 e. The average molecular weight is 409 g/mol. The summed E-state index contributed by atoms with van der Waals surface area (Å²) in [5.41, 5.74) is 2.68. The Labute approximate surface area is 179 Å². The summed E-state index contributed by atoms with van der Waals surface area (Å²) in [6, 6.07) is 17.5. The minimum absolute atomic E-state index is 0.0527. The molecular weight excluding hydrogens is 376 g/mol. The van der Waals surface area contributed by atoms with E-state index in [1.807, 2.05) is 43.3 Å². The summed E-state index contributed by atoms with van der Waals surface area (Å²) in [5, 5.41) is 6.03. The number of aryl methyl sites for hydroxylation is 1. The van der Waals surface area contributed by atoms with E-state index in [2.05, 4.69) is 39.6 Å². The van der Waals surface area contributed by atoms with Crippen LogP contribution in [-0.2, 0) is 4.79 Å². The molecule has 1 heterocycles. The summed E-state index contributed by atoms with van der Waals surface area (Å²) >= 11 is 0. The fourth-order valence-electron chi connectivity index (χ4n) is 3.69. The molecule has 6 heteroatoms. The molecule has 2 aromatic carbocycles. The van der Waals surface area contributed by atoms with E-state index < -0.39 is 0 Å². The van der Waals surface area contributed by atoms with Gasteiger partial charge in [-0.15, -0.1) is 0 Å². The number of nitrogens with one attached hydrogen (secondary N) is 2. The van der Waals surface area contributed by atoms with Crippen molar-refractivity contribution in [3.05, 3.63) is 71.3 Å². The molecule has 0 radical (unpaired) electrons. The maximum atomic E-state index is 12.6. The highest BCUT2D eigenvalue weighted by molar-refractivity contribution is 5.95. The predicted octanol–water partition coefficient (Wildman–Crippen LogP) is 2.22. The average Bonchev–Trinajstić information content (AvgIpc) is 2.75. The van der Waals surface area contributed by atoms with Crippen molar-refractivity contribution in [1.29, 1.82) is 0 Å². The first-order chi connectivity index (χ1) is 14.5. The zero-order valence-electron chi connectivity index (χ0n) is 17.9. The summed E-state index contributed by atoms with van der Waals surface area (Å²) in [6.45, 7) is 7.10. The van der Waals surface area contributed by atoms with Gasteiger partial charge in [-0.3, -0.25) is 14.5 Å². The standard InChI is InChI=1S/C24H32N4O2/c1-19-8-6-7-11-21(19)24(30)25-13-12-23(29)26-22(20-9-4-3-5-10-20)18-28-16-14-27(2)15-17-28/h3-11,22H,12-18H2,1-2H3,(H,25,30)(H,26,29). The van der Waals surface area contributed by atoms with E-state index >= 15 is 0 Å². The lowest BCUT2D eigenvalue weighted by atomic mass is 10.1. The van der Waals surface area contributed by atoms with Gasteiger partial charge in [-0.25, -0.2) is 0 Å². The summed E-state index contributed by atoms with van der Waals surface area (Å²) in [4.78, 5) is 29.7. The lowest BCUT2D eigenvalue weighted by molar-refractivity contribution is -0.121. The van der Waals surface area contributed by atoms with Crippen molar-refractivity contribution in [2.45, 2.75) is 19.4 Å². The largest absolute Gasteiger partial charge is 0.352 e. The van der Waals surface area contributed by atoms with Gasteiger partial charge in [-0.05, 0) is 31.2 Å². The van der Waals surface area contributed by atoms with E-state index in [1.54, 1.807) is 6.07 Å². The van der Waals surface area contributed by atoms with Gasteiger partial charge in [0.15, 0.2) is 0 Å². The molecule has 30 heavy (non-hydrogen) atoms. The number of carbonyl (C=O) groups excluding carboxylic acids is 2. The van der Waals surface area contributed by atoms with E-state index in [1.165, 1.54) is 0 Å². The van der Waals surface area contributed by atoms with Gasteiger partial charge < -0.3 is 15.5 Å². The molecule has 6 nitrogen and oxygen atoms in total. The Balaban J connectivity index is 1.53. The summed E-state index contributed by atoms with van der Waals surface area (Å²) < 4.78 is 0. The van der Waals surface area contributed by atoms with Crippen LogP contribution in [-0.4, -0.2) is 67.9 Å². The highest BCUT2D eigenvalue weighted by atomic mass is 16.2. The third kappa shape index (κ3) is 6.40. The minimum atomic E-state index is -0.141. The van der Waals surface area contributed by atoms with Crippen LogP contribution in [0.3, 0.4) is 0 Å². The zero-order chi connectivity index (χ0) is 21.3. The maximum Gasteiger partial charge on any atom is 0.251 e. The monoisotopic (exact) mass is 408 g/mol. The van der Waals surface area contributed by atoms with Crippen LogP contribution in [0.1, 0.15) is 33.9 Å². The smallest absolute Gasteiger partial charge is 0.251 e. The fraction of sp³-hybridized carbons (Fsp3) is 0.417. The van der Waals surface area contributed by atoms with Gasteiger partial charge in [-0.2, -0.15) is 0 Å². The van der Waals surface area contributed by atoms with Crippen molar-refractivity contribution in [2.75, 3.05) is 46.3 Å². The quantitative estimate of drug-likeness (QED) is 0.703. The van der Waals surface area contributed by atoms with Crippen LogP contribution in [0.25, 0.3) is 0 Å². The Morgan fingerprint density at radius 3 is 2.33 bits per heavy atom. The molecule has 1 saturated heterocycles. The molecular formula is C24H32N4O2. The van der Waals surface area contributed by atoms with Gasteiger partial charge in [0.05, 0.1) is 6.04 Å². The van der Waals surface area contributed by atoms with Crippen molar-refractivity contribution < 1.29 is 9.59 Å². The van der Waals surface area contributed by atoms with Gasteiger partial charge in [-0.1, -0.05) is 48.5 Å². The van der Waals surface area contributed by atoms with Gasteiger partial charge in [0.1, 0.15) is 0 Å². The Hall–Kier alpha value is -2.70. The Morgan fingerprint density at radius 1 is 0.967 bits per heavy atom. The topological polar surface area (TPSA) is 64.7 Å². The van der Waals surface area contributed by atoms with Crippen molar-refractivity contribution in [3.8, 4) is 0 Å². The second kappa shape index (κ2) is 10.9. The molecule has 1 aliphatic rings. The lowest BCUT2D eigenvalue weighted by Gasteiger charge is -2.35. The SMILES string of the molecule is Cc1ccccc1C(=O)NCCC(=O)NC(CN1CCN(C)CC1)c1ccccc1. The van der Waals surface area contributed by atoms with Gasteiger partial charge in [0.25, 0.3) is 5.91 Å². The van der Waals surface area contributed by atoms with E-state index in [4.69, 9.17) is 0 Å². The number of piperazine rings is 1. The van der Waals surface area contributed by atoms with E-state index in [9.17, 15) is 9.59 Å². The molecule has 0 spiro atoms. The van der Waals surface area contributed by atoms with Gasteiger partial charge >= 0.3 is 0 Å². The van der Waals surface area contributed by atoms with Crippen LogP contribution in [0.5, 0.6) is 0 Å². The molecule has 1 atom stereocenters. The molecule has 2 aromatic rings. The van der Waals surface area contributed by atoms with E-state index in [0.717, 1.165) is 43.9 Å². The van der Waals surface area contributed by atoms with Crippen LogP contribution in [0, 0.1) is 6.92 Å². The molecule has 2 N–H and O–H groups in total. The van der Waals surface area contributed by atoms with E-state index in [-0.39, 0.29) is 24.3 Å². The number of benzene rings is 2. The molecule has 2 amide bonds. The van der Waals surface area contributed by atoms with Crippen molar-refractivity contribution in [1.82, 2.24) is 20.4 Å². The first kappa shape index (κ1) is 22.0. The number of rotatable bonds is 8. The third-order valence-electron chi connectivity index (χ3n) is 5.60. The number of nitrogens with zero attached hydrogens (tertiary/aromatic N) is 2. The molecule has 3 rings (SSSR count). The zero-order valence-corrected chi connectivity index (χ0v) is 17.9. The van der Waals surface area contributed by atoms with Gasteiger partial charge in [0.2, 0.25) is 5.91 Å². The Bertz CT molecular complexity index is 832. The summed E-state index contributed by atoms with van der Waals surface area (Å²) in [5.74, 6) is -0.194. The van der Waals surface area contributed by atoms with E-state index in [0.29, 0.717) is 12.1 Å². The molecule has 1 aliphatic heterocycles. The van der Waals surface area contributed by atoms with Gasteiger partial charge in [0, 0.05) is 51.3 Å². The number of hydrogen-bond acceptors (Lipinski definition) is 4. The lowest BCUT2D eigenvalue weighted by Crippen LogP contribution is -2.48. The second-order valence-electron chi connectivity index (χ2n) is 7.96. The molecule has 160 valence electrons. The molecule has 1 fully saturated rings. The molecule has 0 bridgehead atoms. The number of likely N-dealkylation sites (N-methyl/N-ethyl adjacent to an activating group) is 1. The van der Waals surface area contributed by atoms with Crippen LogP contribution in [0.15, 0.2) is 54.6 Å². The number of carbonyl (C=O) groups is 2. The third-order valence-corrected chi connectivity index (χ3v) is 5.60. The van der Waals surface area contributed by atoms with Crippen LogP contribution >= 0.6 is 0 Å². The van der Waals surface area contributed by atoms with Crippen LogP contribution < -0.4 is 10.6 Å². The summed E-state index contributed by atoms with van der Waals surface area (Å²) in [6.07, 6.45) is 0.254. The van der Waals surface area contributed by atoms with Crippen molar-refractivity contribution >= 4 is 11.8 Å². The highest BCUT2D eigenvalue weighted by Crippen LogP contribution is 2.16. The normalized spacial score (nSPS) is 16.1. The molecule has 0 aliphatic carbocycles. The molecule has 1 unspecified atom stereocenters. The molecule has 0 aromatic heterocycles. The first-order valence-electron chi connectivity index (χ1n) is 10.6. The predicted molar refractivity (Wildman–Crippen MR) is 119 cm³/mol. The number of amides is 2. The summed E-state index contributed by atoms with van der Waals surface area (Å²) in [7, 11) is 2.14. The Morgan fingerprint density at radius 2 is 1.63 bits per heavy atom. The van der Waals surface area contributed by atoms with Crippen molar-refractivity contribution in [3.63, 3.8) is 0 Å².